The number of rotatable bonds is 2. The highest BCUT2D eigenvalue weighted by Crippen LogP contribution is 2.52. The molecule has 0 nitrogen and oxygen atoms in total. The van der Waals surface area contributed by atoms with E-state index in [9.17, 15) is 0 Å². The molecule has 2 rings (SSSR count). The first kappa shape index (κ1) is 9.55. The number of hydrogen-bond donors (Lipinski definition) is 0. The fraction of sp³-hybridized carbons (Fsp3) is 1.00. The molecule has 0 aromatic carbocycles. The largest absolute Gasteiger partial charge is 0.0651 e. The van der Waals surface area contributed by atoms with Crippen molar-refractivity contribution in [2.75, 3.05) is 0 Å². The highest BCUT2D eigenvalue weighted by Gasteiger charge is 2.42. The van der Waals surface area contributed by atoms with Gasteiger partial charge >= 0.3 is 0 Å². The normalized spacial score (nSPS) is 46.4. The Labute approximate surface area is 83.1 Å². The van der Waals surface area contributed by atoms with E-state index in [4.69, 9.17) is 0 Å². The molecule has 0 aliphatic heterocycles. The van der Waals surface area contributed by atoms with E-state index in [1.165, 1.54) is 19.3 Å². The van der Waals surface area contributed by atoms with Gasteiger partial charge in [0.15, 0.2) is 0 Å². The van der Waals surface area contributed by atoms with Crippen LogP contribution in [-0.2, 0) is 0 Å². The third-order valence-electron chi connectivity index (χ3n) is 4.94. The third-order valence-corrected chi connectivity index (χ3v) is 4.94. The second kappa shape index (κ2) is 3.63. The lowest BCUT2D eigenvalue weighted by Crippen LogP contribution is -2.40. The van der Waals surface area contributed by atoms with Gasteiger partial charge in [0.25, 0.3) is 0 Å². The van der Waals surface area contributed by atoms with Crippen LogP contribution in [0.25, 0.3) is 0 Å². The van der Waals surface area contributed by atoms with Gasteiger partial charge < -0.3 is 0 Å². The monoisotopic (exact) mass is 180 g/mol. The van der Waals surface area contributed by atoms with Crippen molar-refractivity contribution in [1.29, 1.82) is 0 Å². The summed E-state index contributed by atoms with van der Waals surface area (Å²) >= 11 is 0. The van der Waals surface area contributed by atoms with Crippen LogP contribution in [-0.4, -0.2) is 0 Å². The molecule has 0 amide bonds. The van der Waals surface area contributed by atoms with Crippen molar-refractivity contribution in [2.45, 2.75) is 52.9 Å². The van der Waals surface area contributed by atoms with E-state index in [-0.39, 0.29) is 0 Å². The number of hydrogen-bond acceptors (Lipinski definition) is 0. The van der Waals surface area contributed by atoms with Crippen LogP contribution in [0.15, 0.2) is 0 Å². The van der Waals surface area contributed by atoms with Crippen LogP contribution in [0.4, 0.5) is 0 Å². The minimum absolute atomic E-state index is 0.983. The van der Waals surface area contributed by atoms with Gasteiger partial charge in [-0.3, -0.25) is 0 Å². The summed E-state index contributed by atoms with van der Waals surface area (Å²) in [5.41, 5.74) is 0. The van der Waals surface area contributed by atoms with Crippen molar-refractivity contribution >= 4 is 0 Å². The molecular weight excluding hydrogens is 156 g/mol. The van der Waals surface area contributed by atoms with Crippen molar-refractivity contribution in [3.63, 3.8) is 0 Å². The molecule has 2 aliphatic carbocycles. The Morgan fingerprint density at radius 1 is 1.23 bits per heavy atom. The predicted octanol–water partition coefficient (Wildman–Crippen LogP) is 4.10. The van der Waals surface area contributed by atoms with Gasteiger partial charge in [-0.25, -0.2) is 0 Å². The quantitative estimate of drug-likeness (QED) is 0.600. The summed E-state index contributed by atoms with van der Waals surface area (Å²) < 4.78 is 0. The van der Waals surface area contributed by atoms with Crippen LogP contribution >= 0.6 is 0 Å². The molecule has 2 fully saturated rings. The lowest BCUT2D eigenvalue weighted by molar-refractivity contribution is 0.00403. The molecule has 5 atom stereocenters. The number of fused-ring (bicyclic) bond motifs is 1. The Balaban J connectivity index is 1.86. The fourth-order valence-electron chi connectivity index (χ4n) is 3.65. The Kier molecular flexibility index (Phi) is 2.67. The average Bonchev–Trinajstić information content (AvgIpc) is 2.14. The molecule has 0 aromatic heterocycles. The highest BCUT2D eigenvalue weighted by atomic mass is 14.5. The smallest absolute Gasteiger partial charge is 0.0360 e. The molecule has 0 radical (unpaired) electrons. The van der Waals surface area contributed by atoms with E-state index in [1.54, 1.807) is 12.8 Å². The predicted molar refractivity (Wildman–Crippen MR) is 57.6 cm³/mol. The summed E-state index contributed by atoms with van der Waals surface area (Å²) in [4.78, 5) is 0. The minimum atomic E-state index is 0.983. The SMILES string of the molecule is CCC(C)C1CCC2C(C)CC2C1. The molecule has 2 aliphatic rings. The molecular formula is C13H24. The maximum absolute atomic E-state index is 2.45. The van der Waals surface area contributed by atoms with Crippen LogP contribution in [0.5, 0.6) is 0 Å². The lowest BCUT2D eigenvalue weighted by atomic mass is 9.56. The molecule has 0 saturated heterocycles. The van der Waals surface area contributed by atoms with E-state index in [0.29, 0.717) is 0 Å². The van der Waals surface area contributed by atoms with Gasteiger partial charge in [0.1, 0.15) is 0 Å². The lowest BCUT2D eigenvalue weighted by Gasteiger charge is -2.50. The van der Waals surface area contributed by atoms with Crippen molar-refractivity contribution in [3.05, 3.63) is 0 Å². The first-order valence-electron chi connectivity index (χ1n) is 6.22. The van der Waals surface area contributed by atoms with Crippen molar-refractivity contribution in [1.82, 2.24) is 0 Å². The van der Waals surface area contributed by atoms with Gasteiger partial charge in [0.05, 0.1) is 0 Å². The minimum Gasteiger partial charge on any atom is -0.0651 e. The Morgan fingerprint density at radius 2 is 2.00 bits per heavy atom. The standard InChI is InChI=1S/C13H24/c1-4-9(2)11-5-6-13-10(3)7-12(13)8-11/h9-13H,4-8H2,1-3H3. The molecule has 0 bridgehead atoms. The third kappa shape index (κ3) is 1.65. The molecule has 0 heteroatoms. The molecule has 0 heterocycles. The zero-order chi connectivity index (χ0) is 9.42. The highest BCUT2D eigenvalue weighted by molar-refractivity contribution is 4.92. The summed E-state index contributed by atoms with van der Waals surface area (Å²) in [6.45, 7) is 7.25. The molecule has 0 spiro atoms. The van der Waals surface area contributed by atoms with Gasteiger partial charge in [-0.15, -0.1) is 0 Å². The van der Waals surface area contributed by atoms with Gasteiger partial charge in [-0.05, 0) is 55.3 Å². The van der Waals surface area contributed by atoms with Crippen LogP contribution in [0, 0.1) is 29.6 Å². The summed E-state index contributed by atoms with van der Waals surface area (Å²) in [7, 11) is 0. The van der Waals surface area contributed by atoms with Gasteiger partial charge in [0, 0.05) is 0 Å². The average molecular weight is 180 g/mol. The van der Waals surface area contributed by atoms with Crippen molar-refractivity contribution in [3.8, 4) is 0 Å². The van der Waals surface area contributed by atoms with Crippen LogP contribution in [0.2, 0.25) is 0 Å². The maximum atomic E-state index is 2.45. The molecule has 76 valence electrons. The second-order valence-corrected chi connectivity index (χ2v) is 5.60. The van der Waals surface area contributed by atoms with Crippen molar-refractivity contribution in [2.24, 2.45) is 29.6 Å². The first-order valence-corrected chi connectivity index (χ1v) is 6.22. The van der Waals surface area contributed by atoms with E-state index < -0.39 is 0 Å². The zero-order valence-electron chi connectivity index (χ0n) is 9.42. The second-order valence-electron chi connectivity index (χ2n) is 5.60. The maximum Gasteiger partial charge on any atom is -0.0360 e. The molecule has 13 heavy (non-hydrogen) atoms. The Hall–Kier alpha value is 0. The van der Waals surface area contributed by atoms with Crippen molar-refractivity contribution < 1.29 is 0 Å². The van der Waals surface area contributed by atoms with Gasteiger partial charge in [0.2, 0.25) is 0 Å². The molecule has 2 saturated carbocycles. The summed E-state index contributed by atoms with van der Waals surface area (Å²) in [5.74, 6) is 5.36. The molecule has 0 N–H and O–H groups in total. The summed E-state index contributed by atoms with van der Waals surface area (Å²) in [6.07, 6.45) is 7.56. The van der Waals surface area contributed by atoms with Gasteiger partial charge in [-0.2, -0.15) is 0 Å². The summed E-state index contributed by atoms with van der Waals surface area (Å²) in [5, 5.41) is 0. The zero-order valence-corrected chi connectivity index (χ0v) is 9.42. The van der Waals surface area contributed by atoms with Crippen LogP contribution in [0.3, 0.4) is 0 Å². The van der Waals surface area contributed by atoms with E-state index in [0.717, 1.165) is 29.6 Å². The molecule has 0 aromatic rings. The van der Waals surface area contributed by atoms with E-state index >= 15 is 0 Å². The topological polar surface area (TPSA) is 0 Å². The molecule has 5 unspecified atom stereocenters. The summed E-state index contributed by atoms with van der Waals surface area (Å²) in [6, 6.07) is 0. The fourth-order valence-corrected chi connectivity index (χ4v) is 3.65. The van der Waals surface area contributed by atoms with Gasteiger partial charge in [-0.1, -0.05) is 27.2 Å². The van der Waals surface area contributed by atoms with Crippen LogP contribution < -0.4 is 0 Å². The van der Waals surface area contributed by atoms with Crippen LogP contribution in [0.1, 0.15) is 52.9 Å². The van der Waals surface area contributed by atoms with E-state index in [1.807, 2.05) is 0 Å². The Morgan fingerprint density at radius 3 is 2.54 bits per heavy atom. The Bertz CT molecular complexity index is 173. The van der Waals surface area contributed by atoms with E-state index in [2.05, 4.69) is 20.8 Å². The first-order chi connectivity index (χ1) is 6.22.